The summed E-state index contributed by atoms with van der Waals surface area (Å²) in [5.74, 6) is 0. The van der Waals surface area contributed by atoms with Crippen molar-refractivity contribution >= 4 is 34.0 Å². The Kier molecular flexibility index (Phi) is 6.30. The monoisotopic (exact) mass is 526 g/mol. The number of hydrazine groups is 2. The lowest BCUT2D eigenvalue weighted by Gasteiger charge is -2.30. The topological polar surface area (TPSA) is 75.9 Å². The van der Waals surface area contributed by atoms with E-state index in [-0.39, 0.29) is 12.1 Å². The van der Waals surface area contributed by atoms with Crippen molar-refractivity contribution in [3.63, 3.8) is 0 Å². The fraction of sp³-hybridized carbons (Fsp3) is 0.387. The first-order valence-electron chi connectivity index (χ1n) is 13.8. The van der Waals surface area contributed by atoms with Crippen LogP contribution in [0.3, 0.4) is 0 Å². The maximum absolute atomic E-state index is 12.6. The van der Waals surface area contributed by atoms with Gasteiger partial charge in [-0.05, 0) is 87.6 Å². The van der Waals surface area contributed by atoms with E-state index in [9.17, 15) is 4.79 Å². The van der Waals surface area contributed by atoms with Crippen LogP contribution in [0.1, 0.15) is 63.3 Å². The Balaban J connectivity index is 1.33. The van der Waals surface area contributed by atoms with E-state index in [0.29, 0.717) is 13.1 Å². The molecule has 1 aromatic heterocycles. The summed E-state index contributed by atoms with van der Waals surface area (Å²) in [7, 11) is 2.07. The molecule has 3 aromatic rings. The fourth-order valence-electron chi connectivity index (χ4n) is 5.76. The van der Waals surface area contributed by atoms with Crippen LogP contribution in [0.5, 0.6) is 0 Å². The van der Waals surface area contributed by atoms with Gasteiger partial charge in [0.25, 0.3) is 0 Å². The molecule has 2 aromatic carbocycles. The van der Waals surface area contributed by atoms with Crippen LogP contribution in [-0.4, -0.2) is 58.3 Å². The third-order valence-corrected chi connectivity index (χ3v) is 7.84. The normalized spacial score (nSPS) is 19.6. The van der Waals surface area contributed by atoms with E-state index >= 15 is 0 Å². The van der Waals surface area contributed by atoms with Crippen molar-refractivity contribution in [3.8, 4) is 0 Å². The zero-order valence-corrected chi connectivity index (χ0v) is 23.5. The molecule has 0 saturated carbocycles. The first-order chi connectivity index (χ1) is 18.7. The van der Waals surface area contributed by atoms with Gasteiger partial charge in [-0.25, -0.2) is 4.79 Å². The summed E-state index contributed by atoms with van der Waals surface area (Å²) in [5.41, 5.74) is 12.8. The Morgan fingerprint density at radius 1 is 1.10 bits per heavy atom. The number of aromatic amines is 1. The van der Waals surface area contributed by atoms with Crippen molar-refractivity contribution in [1.82, 2.24) is 25.4 Å². The van der Waals surface area contributed by atoms with Crippen LogP contribution in [0.2, 0.25) is 0 Å². The summed E-state index contributed by atoms with van der Waals surface area (Å²) in [6, 6.07) is 15.6. The predicted molar refractivity (Wildman–Crippen MR) is 156 cm³/mol. The summed E-state index contributed by atoms with van der Waals surface area (Å²) < 4.78 is 5.59. The van der Waals surface area contributed by atoms with Crippen molar-refractivity contribution in [2.45, 2.75) is 52.2 Å². The van der Waals surface area contributed by atoms with E-state index in [1.54, 1.807) is 4.90 Å². The third-order valence-electron chi connectivity index (χ3n) is 7.84. The number of anilines is 1. The maximum atomic E-state index is 12.6. The molecule has 8 heteroatoms. The van der Waals surface area contributed by atoms with E-state index in [2.05, 4.69) is 88.4 Å². The number of H-pyrrole nitrogens is 1. The molecule has 3 aliphatic heterocycles. The predicted octanol–water partition coefficient (Wildman–Crippen LogP) is 6.10. The molecule has 3 N–H and O–H groups in total. The lowest BCUT2D eigenvalue weighted by atomic mass is 9.90. The Bertz CT molecular complexity index is 1480. The second-order valence-electron chi connectivity index (χ2n) is 11.7. The number of nitrogens with one attached hydrogen (secondary N) is 3. The average Bonchev–Trinajstić information content (AvgIpc) is 3.44. The van der Waals surface area contributed by atoms with Gasteiger partial charge in [0.05, 0.1) is 17.4 Å². The number of carbonyl (C=O) groups excluding carboxylic acids is 1. The van der Waals surface area contributed by atoms with Crippen molar-refractivity contribution in [1.29, 1.82) is 0 Å². The molecule has 0 bridgehead atoms. The van der Waals surface area contributed by atoms with Crippen LogP contribution in [0.25, 0.3) is 22.2 Å². The second kappa shape index (κ2) is 9.68. The van der Waals surface area contributed by atoms with E-state index in [0.717, 1.165) is 30.6 Å². The molecule has 1 amide bonds. The van der Waals surface area contributed by atoms with E-state index in [4.69, 9.17) is 4.74 Å². The number of allylic oxidation sites excluding steroid dienone is 1. The largest absolute Gasteiger partial charge is 0.444 e. The number of nitrogens with zero attached hydrogens (tertiary/aromatic N) is 3. The minimum absolute atomic E-state index is 0.150. The van der Waals surface area contributed by atoms with Gasteiger partial charge < -0.3 is 19.9 Å². The molecule has 0 fully saturated rings. The molecular weight excluding hydrogens is 488 g/mol. The Hall–Kier alpha value is -3.91. The molecule has 8 nitrogen and oxygen atoms in total. The molecular formula is C31H38N6O2. The zero-order chi connectivity index (χ0) is 27.3. The van der Waals surface area contributed by atoms with Crippen molar-refractivity contribution in [2.75, 3.05) is 32.0 Å². The van der Waals surface area contributed by atoms with Gasteiger partial charge in [0.15, 0.2) is 0 Å². The highest BCUT2D eigenvalue weighted by atomic mass is 16.6. The van der Waals surface area contributed by atoms with Crippen molar-refractivity contribution < 1.29 is 9.53 Å². The average molecular weight is 527 g/mol. The highest BCUT2D eigenvalue weighted by Crippen LogP contribution is 2.40. The Morgan fingerprint density at radius 2 is 1.95 bits per heavy atom. The molecule has 204 valence electrons. The second-order valence-corrected chi connectivity index (χ2v) is 11.7. The summed E-state index contributed by atoms with van der Waals surface area (Å²) in [4.78, 5) is 17.6. The first-order valence-corrected chi connectivity index (χ1v) is 13.8. The fourth-order valence-corrected chi connectivity index (χ4v) is 5.76. The SMILES string of the molecule is CC1=C2c3ccc(C4=CCN(C(=O)OC(C)(C)C)CC4)cc3C(Nc3ccc4[nH]ccc4c3)CCN2NN1C. The summed E-state index contributed by atoms with van der Waals surface area (Å²) in [6.07, 6.45) is 5.66. The number of aromatic nitrogens is 1. The van der Waals surface area contributed by atoms with Gasteiger partial charge in [-0.3, -0.25) is 10.0 Å². The number of hydrogen-bond acceptors (Lipinski definition) is 6. The quantitative estimate of drug-likeness (QED) is 0.383. The molecule has 0 aliphatic carbocycles. The number of amides is 1. The van der Waals surface area contributed by atoms with E-state index in [1.165, 1.54) is 39.0 Å². The van der Waals surface area contributed by atoms with Crippen molar-refractivity contribution in [3.05, 3.63) is 77.1 Å². The Labute approximate surface area is 230 Å². The summed E-state index contributed by atoms with van der Waals surface area (Å²) >= 11 is 0. The zero-order valence-electron chi connectivity index (χ0n) is 23.5. The van der Waals surface area contributed by atoms with Crippen LogP contribution in [0.15, 0.2) is 60.4 Å². The summed E-state index contributed by atoms with van der Waals surface area (Å²) in [6.45, 7) is 9.99. The highest BCUT2D eigenvalue weighted by molar-refractivity contribution is 5.83. The molecule has 1 unspecified atom stereocenters. The standard InChI is InChI=1S/C31H38N6O2/c1-20-29-25-8-6-22(21-11-15-36(16-12-21)30(38)39-31(2,3)4)19-26(25)28(13-17-37(29)34-35(20)5)33-24-7-9-27-23(18-24)10-14-32-27/h6-11,14,18-19,28,32-34H,12-13,15-17H2,1-5H3. The number of rotatable bonds is 3. The van der Waals surface area contributed by atoms with E-state index < -0.39 is 5.60 Å². The minimum Gasteiger partial charge on any atom is -0.444 e. The van der Waals surface area contributed by atoms with Gasteiger partial charge in [-0.2, -0.15) is 0 Å². The maximum Gasteiger partial charge on any atom is 0.410 e. The molecule has 39 heavy (non-hydrogen) atoms. The molecule has 4 heterocycles. The van der Waals surface area contributed by atoms with Crippen LogP contribution >= 0.6 is 0 Å². The molecule has 1 atom stereocenters. The first kappa shape index (κ1) is 25.4. The van der Waals surface area contributed by atoms with Crippen LogP contribution < -0.4 is 10.9 Å². The van der Waals surface area contributed by atoms with Crippen molar-refractivity contribution in [2.24, 2.45) is 0 Å². The molecule has 0 saturated heterocycles. The van der Waals surface area contributed by atoms with Gasteiger partial charge in [-0.1, -0.05) is 18.2 Å². The van der Waals surface area contributed by atoms with Gasteiger partial charge in [-0.15, -0.1) is 5.53 Å². The van der Waals surface area contributed by atoms with Gasteiger partial charge in [0, 0.05) is 55.0 Å². The molecule has 0 radical (unpaired) electrons. The molecule has 0 spiro atoms. The number of benzene rings is 2. The number of fused-ring (bicyclic) bond motifs is 4. The number of ether oxygens (including phenoxy) is 1. The lowest BCUT2D eigenvalue weighted by Crippen LogP contribution is -2.39. The molecule has 6 rings (SSSR count). The van der Waals surface area contributed by atoms with Gasteiger partial charge >= 0.3 is 6.09 Å². The van der Waals surface area contributed by atoms with Gasteiger partial charge in [0.1, 0.15) is 5.60 Å². The third kappa shape index (κ3) is 4.96. The van der Waals surface area contributed by atoms with Gasteiger partial charge in [0.2, 0.25) is 0 Å². The highest BCUT2D eigenvalue weighted by Gasteiger charge is 2.33. The lowest BCUT2D eigenvalue weighted by molar-refractivity contribution is 0.0270. The molecule has 3 aliphatic rings. The van der Waals surface area contributed by atoms with Crippen LogP contribution in [0, 0.1) is 0 Å². The number of carbonyl (C=O) groups is 1. The minimum atomic E-state index is -0.490. The van der Waals surface area contributed by atoms with E-state index in [1.807, 2.05) is 27.0 Å². The Morgan fingerprint density at radius 3 is 2.72 bits per heavy atom. The van der Waals surface area contributed by atoms with Crippen LogP contribution in [-0.2, 0) is 4.74 Å². The van der Waals surface area contributed by atoms with Crippen LogP contribution in [0.4, 0.5) is 10.5 Å². The smallest absolute Gasteiger partial charge is 0.410 e. The summed E-state index contributed by atoms with van der Waals surface area (Å²) in [5, 5.41) is 9.42. The number of hydrogen-bond donors (Lipinski definition) is 3.